The van der Waals surface area contributed by atoms with E-state index in [1.807, 2.05) is 6.07 Å². The van der Waals surface area contributed by atoms with Crippen LogP contribution in [0.2, 0.25) is 0 Å². The van der Waals surface area contributed by atoms with Gasteiger partial charge in [0.15, 0.2) is 9.84 Å². The maximum atomic E-state index is 12.6. The topological polar surface area (TPSA) is 63.7 Å². The molecular weight excluding hydrogens is 290 g/mol. The molecule has 1 aromatic rings. The number of nitrogens with zero attached hydrogens (tertiary/aromatic N) is 1. The zero-order chi connectivity index (χ0) is 15.6. The molecule has 1 heterocycles. The molecule has 114 valence electrons. The summed E-state index contributed by atoms with van der Waals surface area (Å²) in [5, 5.41) is 1.17. The van der Waals surface area contributed by atoms with Gasteiger partial charge in [0.2, 0.25) is 5.91 Å². The van der Waals surface area contributed by atoms with Crippen LogP contribution in [0, 0.1) is 5.92 Å². The predicted molar refractivity (Wildman–Crippen MR) is 82.0 cm³/mol. The Balaban J connectivity index is 2.47. The number of sulfone groups is 1. The van der Waals surface area contributed by atoms with Gasteiger partial charge >= 0.3 is 0 Å². The molecule has 2 rings (SSSR count). The lowest BCUT2D eigenvalue weighted by Gasteiger charge is -2.30. The number of amides is 1. The molecule has 0 spiro atoms. The third-order valence-corrected chi connectivity index (χ3v) is 4.70. The summed E-state index contributed by atoms with van der Waals surface area (Å²) in [4.78, 5) is 14.1. The highest BCUT2D eigenvalue weighted by Gasteiger charge is 2.33. The molecule has 6 heteroatoms. The largest absolute Gasteiger partial charge is 0.495 e. The van der Waals surface area contributed by atoms with Crippen molar-refractivity contribution in [2.24, 2.45) is 5.92 Å². The lowest BCUT2D eigenvalue weighted by molar-refractivity contribution is -0.121. The summed E-state index contributed by atoms with van der Waals surface area (Å²) in [5.41, 5.74) is 0.588. The summed E-state index contributed by atoms with van der Waals surface area (Å²) < 4.78 is 28.6. The Morgan fingerprint density at radius 2 is 2.00 bits per heavy atom. The number of carbonyl (C=O) groups is 1. The second-order valence-corrected chi connectivity index (χ2v) is 7.19. The van der Waals surface area contributed by atoms with Gasteiger partial charge < -0.3 is 9.64 Å². The zero-order valence-corrected chi connectivity index (χ0v) is 13.1. The minimum atomic E-state index is -3.24. The maximum Gasteiger partial charge on any atom is 0.230 e. The molecule has 0 saturated heterocycles. The molecule has 0 radical (unpaired) electrons. The highest BCUT2D eigenvalue weighted by molar-refractivity contribution is 7.94. The van der Waals surface area contributed by atoms with Crippen LogP contribution < -0.4 is 9.64 Å². The van der Waals surface area contributed by atoms with E-state index in [2.05, 4.69) is 0 Å². The van der Waals surface area contributed by atoms with E-state index in [9.17, 15) is 13.2 Å². The van der Waals surface area contributed by atoms with Gasteiger partial charge in [0.05, 0.1) is 24.6 Å². The third kappa shape index (κ3) is 3.26. The molecule has 0 N–H and O–H groups in total. The van der Waals surface area contributed by atoms with Crippen LogP contribution in [0.4, 0.5) is 5.69 Å². The first-order chi connectivity index (χ1) is 9.85. The summed E-state index contributed by atoms with van der Waals surface area (Å²) in [5.74, 6) is 0.0748. The summed E-state index contributed by atoms with van der Waals surface area (Å²) in [6.07, 6.45) is 1.56. The lowest BCUT2D eigenvalue weighted by atomic mass is 10.1. The van der Waals surface area contributed by atoms with Crippen LogP contribution in [-0.2, 0) is 14.6 Å². The van der Waals surface area contributed by atoms with Crippen LogP contribution in [0.3, 0.4) is 0 Å². The van der Waals surface area contributed by atoms with Crippen molar-refractivity contribution in [1.29, 1.82) is 0 Å². The number of hydrogen-bond acceptors (Lipinski definition) is 4. The van der Waals surface area contributed by atoms with Crippen molar-refractivity contribution in [3.63, 3.8) is 0 Å². The van der Waals surface area contributed by atoms with Gasteiger partial charge in [0, 0.05) is 11.3 Å². The SMILES string of the molecule is COc1ccccc1N(C(=O)C(C)C)C1C=CS(=O)(=O)C1. The zero-order valence-electron chi connectivity index (χ0n) is 12.3. The van der Waals surface area contributed by atoms with Crippen molar-refractivity contribution in [3.05, 3.63) is 35.7 Å². The smallest absolute Gasteiger partial charge is 0.230 e. The van der Waals surface area contributed by atoms with E-state index in [-0.39, 0.29) is 17.6 Å². The molecule has 5 nitrogen and oxygen atoms in total. The molecule has 0 aromatic heterocycles. The first-order valence-electron chi connectivity index (χ1n) is 6.73. The molecule has 0 saturated carbocycles. The Morgan fingerprint density at radius 1 is 1.33 bits per heavy atom. The number of anilines is 1. The van der Waals surface area contributed by atoms with E-state index in [1.54, 1.807) is 38.1 Å². The molecule has 0 bridgehead atoms. The lowest BCUT2D eigenvalue weighted by Crippen LogP contribution is -2.43. The van der Waals surface area contributed by atoms with Crippen LogP contribution in [0.25, 0.3) is 0 Å². The second kappa shape index (κ2) is 5.89. The monoisotopic (exact) mass is 309 g/mol. The molecule has 1 unspecified atom stereocenters. The van der Waals surface area contributed by atoms with Crippen LogP contribution in [-0.4, -0.2) is 33.2 Å². The van der Waals surface area contributed by atoms with Crippen molar-refractivity contribution >= 4 is 21.4 Å². The Hall–Kier alpha value is -1.82. The van der Waals surface area contributed by atoms with Gasteiger partial charge in [-0.1, -0.05) is 26.0 Å². The van der Waals surface area contributed by atoms with E-state index < -0.39 is 15.9 Å². The van der Waals surface area contributed by atoms with Gasteiger partial charge in [-0.25, -0.2) is 8.42 Å². The average Bonchev–Trinajstić information content (AvgIpc) is 2.79. The fraction of sp³-hybridized carbons (Fsp3) is 0.400. The van der Waals surface area contributed by atoms with Gasteiger partial charge in [0.1, 0.15) is 5.75 Å². The van der Waals surface area contributed by atoms with Gasteiger partial charge in [-0.3, -0.25) is 4.79 Å². The molecular formula is C15H19NO4S. The summed E-state index contributed by atoms with van der Waals surface area (Å²) in [6, 6.07) is 6.62. The molecule has 0 aliphatic carbocycles. The minimum Gasteiger partial charge on any atom is -0.495 e. The average molecular weight is 309 g/mol. The van der Waals surface area contributed by atoms with Crippen LogP contribution in [0.15, 0.2) is 35.7 Å². The molecule has 0 fully saturated rings. The van der Waals surface area contributed by atoms with Crippen molar-refractivity contribution in [2.75, 3.05) is 17.8 Å². The number of ether oxygens (including phenoxy) is 1. The Labute approximate surface area is 125 Å². The molecule has 1 aliphatic heterocycles. The molecule has 21 heavy (non-hydrogen) atoms. The van der Waals surface area contributed by atoms with Crippen molar-refractivity contribution in [1.82, 2.24) is 0 Å². The fourth-order valence-corrected chi connectivity index (χ4v) is 3.56. The van der Waals surface area contributed by atoms with Gasteiger partial charge in [-0.05, 0) is 18.2 Å². The van der Waals surface area contributed by atoms with Crippen molar-refractivity contribution in [3.8, 4) is 5.75 Å². The number of hydrogen-bond donors (Lipinski definition) is 0. The van der Waals surface area contributed by atoms with Crippen molar-refractivity contribution < 1.29 is 17.9 Å². The van der Waals surface area contributed by atoms with Crippen LogP contribution in [0.5, 0.6) is 5.75 Å². The summed E-state index contributed by atoms with van der Waals surface area (Å²) >= 11 is 0. The van der Waals surface area contributed by atoms with E-state index in [4.69, 9.17) is 4.74 Å². The molecule has 1 amide bonds. The molecule has 1 aromatic carbocycles. The normalized spacial score (nSPS) is 19.7. The predicted octanol–water partition coefficient (Wildman–Crippen LogP) is 1.99. The third-order valence-electron chi connectivity index (χ3n) is 3.32. The standard InChI is InChI=1S/C15H19NO4S/c1-11(2)15(17)16(12-8-9-21(18,19)10-12)13-6-4-5-7-14(13)20-3/h4-9,11-12H,10H2,1-3H3. The van der Waals surface area contributed by atoms with Gasteiger partial charge in [-0.15, -0.1) is 0 Å². The van der Waals surface area contributed by atoms with E-state index >= 15 is 0 Å². The Kier molecular flexibility index (Phi) is 4.37. The first-order valence-corrected chi connectivity index (χ1v) is 8.44. The van der Waals surface area contributed by atoms with Crippen molar-refractivity contribution in [2.45, 2.75) is 19.9 Å². The second-order valence-electron chi connectivity index (χ2n) is 5.26. The molecule has 1 aliphatic rings. The maximum absolute atomic E-state index is 12.6. The number of benzene rings is 1. The fourth-order valence-electron chi connectivity index (χ4n) is 2.29. The van der Waals surface area contributed by atoms with Crippen LogP contribution >= 0.6 is 0 Å². The quantitative estimate of drug-likeness (QED) is 0.853. The number of para-hydroxylation sites is 2. The molecule has 1 atom stereocenters. The number of methoxy groups -OCH3 is 1. The highest BCUT2D eigenvalue weighted by atomic mass is 32.2. The highest BCUT2D eigenvalue weighted by Crippen LogP contribution is 2.32. The van der Waals surface area contributed by atoms with Crippen LogP contribution in [0.1, 0.15) is 13.8 Å². The number of rotatable bonds is 4. The van der Waals surface area contributed by atoms with Gasteiger partial charge in [0.25, 0.3) is 0 Å². The van der Waals surface area contributed by atoms with E-state index in [0.29, 0.717) is 11.4 Å². The Morgan fingerprint density at radius 3 is 2.52 bits per heavy atom. The van der Waals surface area contributed by atoms with Gasteiger partial charge in [-0.2, -0.15) is 0 Å². The van der Waals surface area contributed by atoms with E-state index in [0.717, 1.165) is 0 Å². The minimum absolute atomic E-state index is 0.0937. The Bertz CT molecular complexity index is 664. The van der Waals surface area contributed by atoms with E-state index in [1.165, 1.54) is 17.4 Å². The first kappa shape index (κ1) is 15.6. The number of carbonyl (C=O) groups excluding carboxylic acids is 1. The summed E-state index contributed by atoms with van der Waals surface area (Å²) in [6.45, 7) is 3.58. The summed E-state index contributed by atoms with van der Waals surface area (Å²) in [7, 11) is -1.72.